The average Bonchev–Trinajstić information content (AvgIpc) is 3.14. The Morgan fingerprint density at radius 2 is 0.648 bits per heavy atom. The van der Waals surface area contributed by atoms with Crippen molar-refractivity contribution in [3.8, 4) is 0 Å². The third kappa shape index (κ3) is 40.1. The number of rotatable bonds is 41. The normalized spacial score (nSPS) is 12.7. The van der Waals surface area contributed by atoms with Gasteiger partial charge < -0.3 is 14.2 Å². The minimum Gasteiger partial charge on any atom is -0.462 e. The second kappa shape index (κ2) is 39.6. The van der Waals surface area contributed by atoms with Crippen LogP contribution < -0.4 is 0 Å². The number of ether oxygens (including phenoxy) is 3. The molecule has 2 atom stereocenters. The summed E-state index contributed by atoms with van der Waals surface area (Å²) in [6.45, 7) is 13.6. The number of hydrogen-bond acceptors (Lipinski definition) is 6. The molecule has 54 heavy (non-hydrogen) atoms. The van der Waals surface area contributed by atoms with Crippen LogP contribution in [0.4, 0.5) is 0 Å². The lowest BCUT2D eigenvalue weighted by atomic mass is 9.99. The Kier molecular flexibility index (Phi) is 38.5. The minimum absolute atomic E-state index is 0.0664. The molecule has 6 nitrogen and oxygen atoms in total. The van der Waals surface area contributed by atoms with E-state index in [4.69, 9.17) is 14.2 Å². The summed E-state index contributed by atoms with van der Waals surface area (Å²) in [5, 5.41) is 0. The third-order valence-electron chi connectivity index (χ3n) is 11.0. The van der Waals surface area contributed by atoms with Crippen molar-refractivity contribution in [2.24, 2.45) is 17.8 Å². The van der Waals surface area contributed by atoms with Crippen molar-refractivity contribution < 1.29 is 28.6 Å². The summed E-state index contributed by atoms with van der Waals surface area (Å²) in [4.78, 5) is 37.7. The van der Waals surface area contributed by atoms with Crippen molar-refractivity contribution in [1.29, 1.82) is 0 Å². The van der Waals surface area contributed by atoms with E-state index in [2.05, 4.69) is 41.5 Å². The molecule has 6 heteroatoms. The Morgan fingerprint density at radius 3 is 0.963 bits per heavy atom. The molecule has 0 rings (SSSR count). The Bertz CT molecular complexity index is 839. The van der Waals surface area contributed by atoms with Gasteiger partial charge in [-0.05, 0) is 37.0 Å². The average molecular weight is 765 g/mol. The summed E-state index contributed by atoms with van der Waals surface area (Å²) in [5.41, 5.74) is 0. The van der Waals surface area contributed by atoms with E-state index >= 15 is 0 Å². The molecular formula is C48H92O6. The maximum absolute atomic E-state index is 12.7. The van der Waals surface area contributed by atoms with Crippen LogP contribution in [0.25, 0.3) is 0 Å². The molecule has 0 aromatic heterocycles. The van der Waals surface area contributed by atoms with Crippen molar-refractivity contribution in [1.82, 2.24) is 0 Å². The van der Waals surface area contributed by atoms with Gasteiger partial charge in [0.25, 0.3) is 0 Å². The van der Waals surface area contributed by atoms with Gasteiger partial charge >= 0.3 is 17.9 Å². The van der Waals surface area contributed by atoms with Crippen LogP contribution >= 0.6 is 0 Å². The van der Waals surface area contributed by atoms with Crippen molar-refractivity contribution in [3.05, 3.63) is 0 Å². The lowest BCUT2D eigenvalue weighted by molar-refractivity contribution is -0.167. The maximum atomic E-state index is 12.7. The molecule has 0 aromatic carbocycles. The predicted octanol–water partition coefficient (Wildman–Crippen LogP) is 14.8. The van der Waals surface area contributed by atoms with Crippen LogP contribution in [0.2, 0.25) is 0 Å². The summed E-state index contributed by atoms with van der Waals surface area (Å²) in [5.74, 6) is 1.59. The summed E-state index contributed by atoms with van der Waals surface area (Å²) in [6.07, 6.45) is 36.6. The second-order valence-corrected chi connectivity index (χ2v) is 17.6. The van der Waals surface area contributed by atoms with Crippen LogP contribution in [-0.2, 0) is 28.6 Å². The molecule has 0 spiro atoms. The Hall–Kier alpha value is -1.59. The second-order valence-electron chi connectivity index (χ2n) is 17.6. The van der Waals surface area contributed by atoms with Gasteiger partial charge in [-0.2, -0.15) is 0 Å². The molecule has 0 aliphatic heterocycles. The van der Waals surface area contributed by atoms with Crippen molar-refractivity contribution in [2.45, 2.75) is 260 Å². The smallest absolute Gasteiger partial charge is 0.306 e. The summed E-state index contributed by atoms with van der Waals surface area (Å²) >= 11 is 0. The SMILES string of the molecule is CCC(C)CCCCCCCCCCCCC(=O)O[C@@H](COC(=O)CCCCCCCCCCCC(C)C)COC(=O)CCCCCCCCCC(C)C. The number of hydrogen-bond donors (Lipinski definition) is 0. The lowest BCUT2D eigenvalue weighted by Gasteiger charge is -2.18. The number of unbranched alkanes of at least 4 members (excludes halogenated alkanes) is 23. The maximum Gasteiger partial charge on any atom is 0.306 e. The van der Waals surface area contributed by atoms with Crippen LogP contribution in [0.5, 0.6) is 0 Å². The van der Waals surface area contributed by atoms with E-state index in [1.54, 1.807) is 0 Å². The Morgan fingerprint density at radius 1 is 0.370 bits per heavy atom. The molecule has 0 fully saturated rings. The molecule has 0 bridgehead atoms. The molecule has 0 aliphatic rings. The highest BCUT2D eigenvalue weighted by Gasteiger charge is 2.19. The summed E-state index contributed by atoms with van der Waals surface area (Å²) in [7, 11) is 0. The molecule has 0 radical (unpaired) electrons. The largest absolute Gasteiger partial charge is 0.462 e. The predicted molar refractivity (Wildman–Crippen MR) is 229 cm³/mol. The van der Waals surface area contributed by atoms with Crippen LogP contribution in [0, 0.1) is 17.8 Å². The van der Waals surface area contributed by atoms with Gasteiger partial charge in [-0.1, -0.05) is 215 Å². The highest BCUT2D eigenvalue weighted by Crippen LogP contribution is 2.17. The van der Waals surface area contributed by atoms with Crippen molar-refractivity contribution in [3.63, 3.8) is 0 Å². The summed E-state index contributed by atoms with van der Waals surface area (Å²) in [6, 6.07) is 0. The highest BCUT2D eigenvalue weighted by atomic mass is 16.6. The first-order chi connectivity index (χ1) is 26.1. The van der Waals surface area contributed by atoms with Gasteiger partial charge in [0.05, 0.1) is 0 Å². The van der Waals surface area contributed by atoms with Gasteiger partial charge in [0.2, 0.25) is 0 Å². The van der Waals surface area contributed by atoms with Gasteiger partial charge in [-0.15, -0.1) is 0 Å². The molecule has 0 saturated heterocycles. The first-order valence-electron chi connectivity index (χ1n) is 23.6. The quantitative estimate of drug-likeness (QED) is 0.0350. The van der Waals surface area contributed by atoms with Crippen LogP contribution in [0.3, 0.4) is 0 Å². The zero-order valence-corrected chi connectivity index (χ0v) is 37.0. The number of carbonyl (C=O) groups excluding carboxylic acids is 3. The minimum atomic E-state index is -0.762. The monoisotopic (exact) mass is 765 g/mol. The van der Waals surface area contributed by atoms with E-state index < -0.39 is 6.10 Å². The fourth-order valence-electron chi connectivity index (χ4n) is 7.02. The molecule has 320 valence electrons. The molecule has 1 unspecified atom stereocenters. The highest BCUT2D eigenvalue weighted by molar-refractivity contribution is 5.71. The van der Waals surface area contributed by atoms with Gasteiger partial charge in [0, 0.05) is 19.3 Å². The van der Waals surface area contributed by atoms with Crippen molar-refractivity contribution >= 4 is 17.9 Å². The van der Waals surface area contributed by atoms with E-state index in [0.717, 1.165) is 75.5 Å². The molecule has 0 aliphatic carbocycles. The van der Waals surface area contributed by atoms with Crippen LogP contribution in [0.1, 0.15) is 253 Å². The first-order valence-corrected chi connectivity index (χ1v) is 23.6. The van der Waals surface area contributed by atoms with Crippen LogP contribution in [-0.4, -0.2) is 37.2 Å². The fourth-order valence-corrected chi connectivity index (χ4v) is 7.02. The van der Waals surface area contributed by atoms with E-state index in [9.17, 15) is 14.4 Å². The molecule has 0 aromatic rings. The molecule has 0 saturated carbocycles. The number of carbonyl (C=O) groups is 3. The topological polar surface area (TPSA) is 78.9 Å². The summed E-state index contributed by atoms with van der Waals surface area (Å²) < 4.78 is 16.7. The van der Waals surface area contributed by atoms with E-state index in [1.165, 1.54) is 135 Å². The fraction of sp³-hybridized carbons (Fsp3) is 0.938. The van der Waals surface area contributed by atoms with Gasteiger partial charge in [-0.25, -0.2) is 0 Å². The molecule has 0 N–H and O–H groups in total. The third-order valence-corrected chi connectivity index (χ3v) is 11.0. The zero-order valence-electron chi connectivity index (χ0n) is 37.0. The van der Waals surface area contributed by atoms with Crippen molar-refractivity contribution in [2.75, 3.05) is 13.2 Å². The van der Waals surface area contributed by atoms with E-state index in [1.807, 2.05) is 0 Å². The van der Waals surface area contributed by atoms with Gasteiger partial charge in [-0.3, -0.25) is 14.4 Å². The zero-order chi connectivity index (χ0) is 39.9. The lowest BCUT2D eigenvalue weighted by Crippen LogP contribution is -2.30. The van der Waals surface area contributed by atoms with Gasteiger partial charge in [0.15, 0.2) is 6.10 Å². The molecular weight excluding hydrogens is 673 g/mol. The number of esters is 3. The molecule has 0 heterocycles. The first kappa shape index (κ1) is 52.4. The molecule has 0 amide bonds. The van der Waals surface area contributed by atoms with Crippen LogP contribution in [0.15, 0.2) is 0 Å². The standard InChI is InChI=1S/C48H92O6/c1-7-44(6)36-30-24-18-12-8-9-13-20-27-33-39-48(51)54-45(41-53-47(50)38-32-26-21-15-17-23-29-35-43(4)5)40-52-46(49)37-31-25-19-14-10-11-16-22-28-34-42(2)3/h42-45H,7-41H2,1-6H3/t44?,45-/m0/s1. The van der Waals surface area contributed by atoms with Gasteiger partial charge in [0.1, 0.15) is 13.2 Å². The Balaban J connectivity index is 4.34. The Labute approximate surface area is 336 Å². The van der Waals surface area contributed by atoms with E-state index in [0.29, 0.717) is 19.3 Å². The van der Waals surface area contributed by atoms with E-state index in [-0.39, 0.29) is 31.1 Å².